The number of rotatable bonds is 6. The van der Waals surface area contributed by atoms with E-state index in [2.05, 4.69) is 32.1 Å². The fraction of sp³-hybridized carbons (Fsp3) is 0.615. The van der Waals surface area contributed by atoms with Crippen molar-refractivity contribution in [2.45, 2.75) is 40.5 Å². The number of carbonyl (C=O) groups excluding carboxylic acids is 1. The van der Waals surface area contributed by atoms with Crippen LogP contribution < -0.4 is 0 Å². The summed E-state index contributed by atoms with van der Waals surface area (Å²) in [5.41, 5.74) is 1.10. The quantitative estimate of drug-likeness (QED) is 0.495. The fourth-order valence-corrected chi connectivity index (χ4v) is 0.975. The Kier molecular flexibility index (Phi) is 7.69. The summed E-state index contributed by atoms with van der Waals surface area (Å²) in [5.74, 6) is 0.456. The SMILES string of the molecule is CCC(=O)OC/C(C)=C/C/C=C/C(C)C. The molecule has 0 rings (SSSR count). The molecule has 0 aromatic carbocycles. The Morgan fingerprint density at radius 1 is 1.40 bits per heavy atom. The predicted octanol–water partition coefficient (Wildman–Crippen LogP) is 3.49. The molecule has 0 amide bonds. The second-order valence-corrected chi connectivity index (χ2v) is 3.97. The molecule has 0 aromatic heterocycles. The van der Waals surface area contributed by atoms with E-state index in [4.69, 9.17) is 4.74 Å². The zero-order valence-electron chi connectivity index (χ0n) is 10.2. The summed E-state index contributed by atoms with van der Waals surface area (Å²) < 4.78 is 5.00. The smallest absolute Gasteiger partial charge is 0.305 e. The van der Waals surface area contributed by atoms with Gasteiger partial charge in [-0.25, -0.2) is 0 Å². The van der Waals surface area contributed by atoms with Gasteiger partial charge in [0.2, 0.25) is 0 Å². The van der Waals surface area contributed by atoms with E-state index in [-0.39, 0.29) is 5.97 Å². The normalized spacial score (nSPS) is 12.5. The lowest BCUT2D eigenvalue weighted by Crippen LogP contribution is -2.04. The Labute approximate surface area is 93.0 Å². The molecule has 0 spiro atoms. The van der Waals surface area contributed by atoms with Crippen molar-refractivity contribution in [1.82, 2.24) is 0 Å². The highest BCUT2D eigenvalue weighted by atomic mass is 16.5. The number of carbonyl (C=O) groups is 1. The summed E-state index contributed by atoms with van der Waals surface area (Å²) in [6.45, 7) is 8.49. The van der Waals surface area contributed by atoms with Crippen molar-refractivity contribution >= 4 is 5.97 Å². The molecule has 0 bridgehead atoms. The molecule has 0 saturated carbocycles. The maximum atomic E-state index is 10.9. The van der Waals surface area contributed by atoms with Crippen LogP contribution in [0.5, 0.6) is 0 Å². The molecular formula is C13H22O2. The van der Waals surface area contributed by atoms with E-state index in [1.54, 1.807) is 6.92 Å². The van der Waals surface area contributed by atoms with E-state index < -0.39 is 0 Å². The van der Waals surface area contributed by atoms with Gasteiger partial charge in [0.25, 0.3) is 0 Å². The minimum atomic E-state index is -0.138. The van der Waals surface area contributed by atoms with Crippen molar-refractivity contribution in [3.05, 3.63) is 23.8 Å². The summed E-state index contributed by atoms with van der Waals surface area (Å²) in [7, 11) is 0. The monoisotopic (exact) mass is 210 g/mol. The van der Waals surface area contributed by atoms with E-state index in [9.17, 15) is 4.79 Å². The van der Waals surface area contributed by atoms with Crippen LogP contribution in [0.2, 0.25) is 0 Å². The van der Waals surface area contributed by atoms with Gasteiger partial charge in [-0.15, -0.1) is 0 Å². The van der Waals surface area contributed by atoms with Crippen molar-refractivity contribution in [1.29, 1.82) is 0 Å². The number of allylic oxidation sites excluding steroid dienone is 3. The lowest BCUT2D eigenvalue weighted by Gasteiger charge is -2.02. The average Bonchev–Trinajstić information content (AvgIpc) is 2.20. The first-order valence-electron chi connectivity index (χ1n) is 5.54. The van der Waals surface area contributed by atoms with Crippen LogP contribution in [0.1, 0.15) is 40.5 Å². The van der Waals surface area contributed by atoms with Crippen molar-refractivity contribution in [3.63, 3.8) is 0 Å². The first-order valence-corrected chi connectivity index (χ1v) is 5.54. The Bertz CT molecular complexity index is 237. The molecule has 86 valence electrons. The fourth-order valence-electron chi connectivity index (χ4n) is 0.975. The summed E-state index contributed by atoms with van der Waals surface area (Å²) in [6, 6.07) is 0. The van der Waals surface area contributed by atoms with Crippen LogP contribution in [-0.2, 0) is 9.53 Å². The zero-order valence-corrected chi connectivity index (χ0v) is 10.2. The molecule has 15 heavy (non-hydrogen) atoms. The van der Waals surface area contributed by atoms with Crippen LogP contribution in [-0.4, -0.2) is 12.6 Å². The topological polar surface area (TPSA) is 26.3 Å². The number of hydrogen-bond donors (Lipinski definition) is 0. The standard InChI is InChI=1S/C13H22O2/c1-5-13(14)15-10-12(4)9-7-6-8-11(2)3/h6,8-9,11H,5,7,10H2,1-4H3/b8-6+,12-9+. The van der Waals surface area contributed by atoms with Gasteiger partial charge >= 0.3 is 5.97 Å². The lowest BCUT2D eigenvalue weighted by atomic mass is 10.2. The minimum absolute atomic E-state index is 0.138. The zero-order chi connectivity index (χ0) is 11.7. The van der Waals surface area contributed by atoms with E-state index in [0.717, 1.165) is 12.0 Å². The third-order valence-electron chi connectivity index (χ3n) is 1.87. The van der Waals surface area contributed by atoms with Crippen LogP contribution in [0, 0.1) is 5.92 Å². The Morgan fingerprint density at radius 3 is 2.60 bits per heavy atom. The molecule has 2 nitrogen and oxygen atoms in total. The molecule has 0 radical (unpaired) electrons. The minimum Gasteiger partial charge on any atom is -0.461 e. The molecule has 0 atom stereocenters. The molecule has 0 fully saturated rings. The summed E-state index contributed by atoms with van der Waals surface area (Å²) in [6.07, 6.45) is 7.74. The molecule has 0 heterocycles. The third-order valence-corrected chi connectivity index (χ3v) is 1.87. The first-order chi connectivity index (χ1) is 7.06. The van der Waals surface area contributed by atoms with Crippen molar-refractivity contribution in [3.8, 4) is 0 Å². The van der Waals surface area contributed by atoms with Crippen LogP contribution >= 0.6 is 0 Å². The van der Waals surface area contributed by atoms with Crippen molar-refractivity contribution in [2.75, 3.05) is 6.61 Å². The van der Waals surface area contributed by atoms with Gasteiger partial charge in [-0.1, -0.05) is 39.0 Å². The molecule has 0 aliphatic rings. The van der Waals surface area contributed by atoms with E-state index in [0.29, 0.717) is 18.9 Å². The third kappa shape index (κ3) is 9.26. The molecule has 0 aliphatic heterocycles. The van der Waals surface area contributed by atoms with E-state index >= 15 is 0 Å². The van der Waals surface area contributed by atoms with Gasteiger partial charge in [-0.2, -0.15) is 0 Å². The lowest BCUT2D eigenvalue weighted by molar-refractivity contribution is -0.142. The van der Waals surface area contributed by atoms with Crippen LogP contribution in [0.4, 0.5) is 0 Å². The summed E-state index contributed by atoms with van der Waals surface area (Å²) >= 11 is 0. The summed E-state index contributed by atoms with van der Waals surface area (Å²) in [4.78, 5) is 10.9. The van der Waals surface area contributed by atoms with Gasteiger partial charge in [0.1, 0.15) is 6.61 Å². The van der Waals surface area contributed by atoms with Crippen LogP contribution in [0.3, 0.4) is 0 Å². The number of esters is 1. The van der Waals surface area contributed by atoms with Crippen molar-refractivity contribution in [2.24, 2.45) is 5.92 Å². The maximum Gasteiger partial charge on any atom is 0.305 e. The second-order valence-electron chi connectivity index (χ2n) is 3.97. The highest BCUT2D eigenvalue weighted by molar-refractivity contribution is 5.69. The molecule has 0 N–H and O–H groups in total. The van der Waals surface area contributed by atoms with Gasteiger partial charge in [0.05, 0.1) is 0 Å². The van der Waals surface area contributed by atoms with Gasteiger partial charge in [0, 0.05) is 6.42 Å². The Hall–Kier alpha value is -1.05. The van der Waals surface area contributed by atoms with Gasteiger partial charge in [-0.3, -0.25) is 4.79 Å². The molecule has 0 unspecified atom stereocenters. The second kappa shape index (κ2) is 8.27. The molecular weight excluding hydrogens is 188 g/mol. The van der Waals surface area contributed by atoms with Gasteiger partial charge in [0.15, 0.2) is 0 Å². The largest absolute Gasteiger partial charge is 0.461 e. The van der Waals surface area contributed by atoms with E-state index in [1.165, 1.54) is 0 Å². The van der Waals surface area contributed by atoms with Crippen LogP contribution in [0.25, 0.3) is 0 Å². The number of ether oxygens (including phenoxy) is 1. The van der Waals surface area contributed by atoms with E-state index in [1.807, 2.05) is 6.92 Å². The highest BCUT2D eigenvalue weighted by Gasteiger charge is 1.97. The number of hydrogen-bond acceptors (Lipinski definition) is 2. The van der Waals surface area contributed by atoms with Gasteiger partial charge in [-0.05, 0) is 24.8 Å². The first kappa shape index (κ1) is 13.9. The Morgan fingerprint density at radius 2 is 2.07 bits per heavy atom. The molecule has 0 aromatic rings. The summed E-state index contributed by atoms with van der Waals surface area (Å²) in [5, 5.41) is 0. The molecule has 0 aliphatic carbocycles. The average molecular weight is 210 g/mol. The van der Waals surface area contributed by atoms with Crippen molar-refractivity contribution < 1.29 is 9.53 Å². The Balaban J connectivity index is 3.74. The predicted molar refractivity (Wildman–Crippen MR) is 63.6 cm³/mol. The maximum absolute atomic E-state index is 10.9. The molecule has 2 heteroatoms. The molecule has 0 saturated heterocycles. The van der Waals surface area contributed by atoms with Crippen LogP contribution in [0.15, 0.2) is 23.8 Å². The highest BCUT2D eigenvalue weighted by Crippen LogP contribution is 2.01. The van der Waals surface area contributed by atoms with Gasteiger partial charge < -0.3 is 4.74 Å².